The number of hydrogen-bond donors (Lipinski definition) is 2. The molecule has 0 spiro atoms. The molecule has 2 N–H and O–H groups in total. The summed E-state index contributed by atoms with van der Waals surface area (Å²) >= 11 is 0. The highest BCUT2D eigenvalue weighted by Gasteiger charge is 2.57. The zero-order valence-electron chi connectivity index (χ0n) is 13.0. The monoisotopic (exact) mass is 311 g/mol. The second-order valence-electron chi connectivity index (χ2n) is 6.41. The van der Waals surface area contributed by atoms with Gasteiger partial charge in [-0.15, -0.1) is 0 Å². The Hall–Kier alpha value is -0.910. The van der Waals surface area contributed by atoms with E-state index in [4.69, 9.17) is 0 Å². The van der Waals surface area contributed by atoms with Gasteiger partial charge in [-0.05, 0) is 41.4 Å². The number of unbranched alkanes of at least 4 members (excludes halogenated alkanes) is 1. The van der Waals surface area contributed by atoms with Crippen LogP contribution in [0.3, 0.4) is 0 Å². The first-order valence-corrected chi connectivity index (χ1v) is 9.03. The molecule has 1 aromatic rings. The van der Waals surface area contributed by atoms with Crippen molar-refractivity contribution >= 4 is 10.0 Å². The maximum Gasteiger partial charge on any atom is 0.240 e. The molecule has 21 heavy (non-hydrogen) atoms. The zero-order chi connectivity index (χ0) is 15.7. The highest BCUT2D eigenvalue weighted by Crippen LogP contribution is 2.63. The van der Waals surface area contributed by atoms with Crippen molar-refractivity contribution in [1.29, 1.82) is 0 Å². The smallest absolute Gasteiger partial charge is 0.240 e. The molecule has 1 aliphatic carbocycles. The third kappa shape index (κ3) is 3.30. The molecule has 1 fully saturated rings. The number of nitrogens with one attached hydrogen (secondary N) is 1. The second-order valence-corrected chi connectivity index (χ2v) is 8.18. The van der Waals surface area contributed by atoms with Gasteiger partial charge >= 0.3 is 0 Å². The first kappa shape index (κ1) is 16.5. The van der Waals surface area contributed by atoms with Gasteiger partial charge in [0.15, 0.2) is 0 Å². The standard InChI is InChI=1S/C16H25NO3S/c1-4-5-10-17-21(19,20)13-8-6-12(7-9-13)15-14(11-18)16(15,2)3/h6-9,14-15,17-18H,4-5,10-11H2,1-3H3/t14-,15-/m0/s1. The molecule has 1 saturated carbocycles. The molecule has 0 unspecified atom stereocenters. The van der Waals surface area contributed by atoms with Gasteiger partial charge in [0.2, 0.25) is 10.0 Å². The fourth-order valence-electron chi connectivity index (χ4n) is 3.07. The largest absolute Gasteiger partial charge is 0.396 e. The summed E-state index contributed by atoms with van der Waals surface area (Å²) < 4.78 is 26.8. The van der Waals surface area contributed by atoms with E-state index in [2.05, 4.69) is 18.6 Å². The van der Waals surface area contributed by atoms with E-state index in [0.29, 0.717) is 17.4 Å². The molecule has 0 heterocycles. The van der Waals surface area contributed by atoms with Crippen molar-refractivity contribution in [1.82, 2.24) is 4.72 Å². The van der Waals surface area contributed by atoms with Crippen molar-refractivity contribution in [3.8, 4) is 0 Å². The molecular formula is C16H25NO3S. The Labute approximate surface area is 127 Å². The van der Waals surface area contributed by atoms with Crippen LogP contribution >= 0.6 is 0 Å². The zero-order valence-corrected chi connectivity index (χ0v) is 13.8. The van der Waals surface area contributed by atoms with Crippen molar-refractivity contribution in [3.05, 3.63) is 29.8 Å². The first-order valence-electron chi connectivity index (χ1n) is 7.55. The van der Waals surface area contributed by atoms with Crippen LogP contribution in [0.1, 0.15) is 45.1 Å². The van der Waals surface area contributed by atoms with Gasteiger partial charge in [-0.25, -0.2) is 13.1 Å². The number of aliphatic hydroxyl groups is 1. The van der Waals surface area contributed by atoms with Crippen LogP contribution in [-0.4, -0.2) is 26.7 Å². The van der Waals surface area contributed by atoms with Crippen LogP contribution in [0, 0.1) is 11.3 Å². The molecule has 0 aromatic heterocycles. The van der Waals surface area contributed by atoms with Gasteiger partial charge in [-0.2, -0.15) is 0 Å². The van der Waals surface area contributed by atoms with Crippen LogP contribution < -0.4 is 4.72 Å². The Morgan fingerprint density at radius 3 is 2.33 bits per heavy atom. The van der Waals surface area contributed by atoms with Crippen molar-refractivity contribution in [2.75, 3.05) is 13.2 Å². The minimum absolute atomic E-state index is 0.0918. The Bertz CT molecular complexity index is 578. The van der Waals surface area contributed by atoms with Crippen LogP contribution in [0.25, 0.3) is 0 Å². The normalized spacial score (nSPS) is 24.0. The van der Waals surface area contributed by atoms with Crippen LogP contribution in [0.2, 0.25) is 0 Å². The molecule has 0 radical (unpaired) electrons. The van der Waals surface area contributed by atoms with E-state index in [9.17, 15) is 13.5 Å². The van der Waals surface area contributed by atoms with Crippen molar-refractivity contribution in [3.63, 3.8) is 0 Å². The number of rotatable bonds is 7. The number of benzene rings is 1. The summed E-state index contributed by atoms with van der Waals surface area (Å²) in [6.07, 6.45) is 1.80. The van der Waals surface area contributed by atoms with Crippen molar-refractivity contribution in [2.45, 2.75) is 44.4 Å². The summed E-state index contributed by atoms with van der Waals surface area (Å²) in [6.45, 7) is 6.95. The Kier molecular flexibility index (Phi) is 4.76. The van der Waals surface area contributed by atoms with Crippen molar-refractivity contribution in [2.24, 2.45) is 11.3 Å². The van der Waals surface area contributed by atoms with Gasteiger partial charge in [0.05, 0.1) is 4.90 Å². The molecule has 118 valence electrons. The minimum atomic E-state index is -3.40. The van der Waals surface area contributed by atoms with E-state index < -0.39 is 10.0 Å². The van der Waals surface area contributed by atoms with Gasteiger partial charge in [0, 0.05) is 13.2 Å². The molecule has 1 aromatic carbocycles. The summed E-state index contributed by atoms with van der Waals surface area (Å²) in [5.74, 6) is 0.579. The molecule has 0 aliphatic heterocycles. The van der Waals surface area contributed by atoms with Crippen LogP contribution in [0.15, 0.2) is 29.2 Å². The summed E-state index contributed by atoms with van der Waals surface area (Å²) in [5, 5.41) is 9.37. The minimum Gasteiger partial charge on any atom is -0.396 e. The third-order valence-electron chi connectivity index (χ3n) is 4.62. The van der Waals surface area contributed by atoms with Crippen LogP contribution in [0.5, 0.6) is 0 Å². The van der Waals surface area contributed by atoms with Gasteiger partial charge in [-0.1, -0.05) is 39.3 Å². The van der Waals surface area contributed by atoms with E-state index in [-0.39, 0.29) is 17.9 Å². The fraction of sp³-hybridized carbons (Fsp3) is 0.625. The maximum absolute atomic E-state index is 12.1. The summed E-state index contributed by atoms with van der Waals surface area (Å²) in [4.78, 5) is 0.307. The number of hydrogen-bond acceptors (Lipinski definition) is 3. The van der Waals surface area contributed by atoms with Gasteiger partial charge in [0.25, 0.3) is 0 Å². The lowest BCUT2D eigenvalue weighted by molar-refractivity contribution is 0.256. The van der Waals surface area contributed by atoms with Gasteiger partial charge < -0.3 is 5.11 Å². The first-order chi connectivity index (χ1) is 9.84. The summed E-state index contributed by atoms with van der Waals surface area (Å²) in [7, 11) is -3.40. The molecule has 2 atom stereocenters. The summed E-state index contributed by atoms with van der Waals surface area (Å²) in [5.41, 5.74) is 1.20. The molecule has 4 nitrogen and oxygen atoms in total. The molecule has 0 amide bonds. The Morgan fingerprint density at radius 2 is 1.86 bits per heavy atom. The average Bonchev–Trinajstić information content (AvgIpc) is 3.00. The molecule has 5 heteroatoms. The number of aliphatic hydroxyl groups excluding tert-OH is 1. The molecule has 1 aliphatic rings. The lowest BCUT2D eigenvalue weighted by Crippen LogP contribution is -2.24. The Balaban J connectivity index is 2.10. The van der Waals surface area contributed by atoms with Crippen LogP contribution in [0.4, 0.5) is 0 Å². The molecule has 2 rings (SSSR count). The van der Waals surface area contributed by atoms with Crippen molar-refractivity contribution < 1.29 is 13.5 Å². The average molecular weight is 311 g/mol. The molecule has 0 bridgehead atoms. The van der Waals surface area contributed by atoms with Gasteiger partial charge in [-0.3, -0.25) is 0 Å². The predicted octanol–water partition coefficient (Wildman–Crippen LogP) is 2.50. The van der Waals surface area contributed by atoms with E-state index in [1.807, 2.05) is 19.1 Å². The fourth-order valence-corrected chi connectivity index (χ4v) is 4.14. The predicted molar refractivity (Wildman–Crippen MR) is 83.6 cm³/mol. The maximum atomic E-state index is 12.1. The Morgan fingerprint density at radius 1 is 1.24 bits per heavy atom. The molecular weight excluding hydrogens is 286 g/mol. The highest BCUT2D eigenvalue weighted by atomic mass is 32.2. The lowest BCUT2D eigenvalue weighted by atomic mass is 10.0. The number of sulfonamides is 1. The van der Waals surface area contributed by atoms with Gasteiger partial charge in [0.1, 0.15) is 0 Å². The molecule has 0 saturated heterocycles. The van der Waals surface area contributed by atoms with Crippen LogP contribution in [-0.2, 0) is 10.0 Å². The highest BCUT2D eigenvalue weighted by molar-refractivity contribution is 7.89. The van der Waals surface area contributed by atoms with E-state index in [1.165, 1.54) is 0 Å². The third-order valence-corrected chi connectivity index (χ3v) is 6.10. The van der Waals surface area contributed by atoms with E-state index >= 15 is 0 Å². The second kappa shape index (κ2) is 6.07. The van der Waals surface area contributed by atoms with E-state index in [1.54, 1.807) is 12.1 Å². The van der Waals surface area contributed by atoms with E-state index in [0.717, 1.165) is 18.4 Å². The summed E-state index contributed by atoms with van der Waals surface area (Å²) in [6, 6.07) is 7.06. The lowest BCUT2D eigenvalue weighted by Gasteiger charge is -2.08. The quantitative estimate of drug-likeness (QED) is 0.760. The topological polar surface area (TPSA) is 66.4 Å². The SMILES string of the molecule is CCCCNS(=O)(=O)c1ccc([C@H]2[C@H](CO)C2(C)C)cc1.